The summed E-state index contributed by atoms with van der Waals surface area (Å²) in [4.78, 5) is 9.32. The van der Waals surface area contributed by atoms with Crippen LogP contribution in [-0.4, -0.2) is 26.0 Å². The van der Waals surface area contributed by atoms with E-state index >= 15 is 0 Å². The Hall–Kier alpha value is -0.410. The van der Waals surface area contributed by atoms with Gasteiger partial charge in [0.25, 0.3) is 0 Å². The largest absolute Gasteiger partial charge is 0.377 e. The Balaban J connectivity index is 0.000000135. The lowest BCUT2D eigenvalue weighted by molar-refractivity contribution is -0.107. The monoisotopic (exact) mass is 117 g/mol. The SMILES string of the molecule is C1CO1.NCCC=O. The molecule has 0 unspecified atom stereocenters. The van der Waals surface area contributed by atoms with Crippen LogP contribution in [0, 0.1) is 0 Å². The van der Waals surface area contributed by atoms with Crippen LogP contribution in [0.5, 0.6) is 0 Å². The minimum Gasteiger partial charge on any atom is -0.377 e. The molecular weight excluding hydrogens is 106 g/mol. The number of hydrogen-bond acceptors (Lipinski definition) is 3. The Labute approximate surface area is 48.8 Å². The smallest absolute Gasteiger partial charge is 0.121 e. The van der Waals surface area contributed by atoms with E-state index in [0.717, 1.165) is 19.5 Å². The molecule has 1 saturated heterocycles. The van der Waals surface area contributed by atoms with Gasteiger partial charge >= 0.3 is 0 Å². The Bertz CT molecular complexity index is 51.6. The zero-order valence-electron chi connectivity index (χ0n) is 4.80. The molecule has 2 N–H and O–H groups in total. The number of hydrogen-bond donors (Lipinski definition) is 1. The third kappa shape index (κ3) is 17.6. The van der Waals surface area contributed by atoms with Gasteiger partial charge in [0.15, 0.2) is 0 Å². The van der Waals surface area contributed by atoms with Crippen LogP contribution in [0.1, 0.15) is 6.42 Å². The highest BCUT2D eigenvalue weighted by Crippen LogP contribution is 1.84. The number of carbonyl (C=O) groups is 1. The Morgan fingerprint density at radius 1 is 1.62 bits per heavy atom. The molecule has 1 aliphatic rings. The molecule has 8 heavy (non-hydrogen) atoms. The third-order valence-electron chi connectivity index (χ3n) is 0.489. The van der Waals surface area contributed by atoms with E-state index in [1.54, 1.807) is 0 Å². The molecular formula is C5H11NO2. The van der Waals surface area contributed by atoms with E-state index in [1.807, 2.05) is 0 Å². The molecule has 0 aromatic heterocycles. The van der Waals surface area contributed by atoms with Crippen LogP contribution in [-0.2, 0) is 9.53 Å². The average Bonchev–Trinajstić information content (AvgIpc) is 2.50. The summed E-state index contributed by atoms with van der Waals surface area (Å²) in [6.45, 7) is 2.48. The van der Waals surface area contributed by atoms with Gasteiger partial charge in [-0.3, -0.25) is 0 Å². The number of epoxide rings is 1. The third-order valence-corrected chi connectivity index (χ3v) is 0.489. The maximum atomic E-state index is 9.32. The van der Waals surface area contributed by atoms with Crippen LogP contribution in [0.15, 0.2) is 0 Å². The Morgan fingerprint density at radius 2 is 2.12 bits per heavy atom. The second-order valence-corrected chi connectivity index (χ2v) is 1.36. The molecule has 0 amide bonds. The van der Waals surface area contributed by atoms with Gasteiger partial charge in [0.05, 0.1) is 13.2 Å². The van der Waals surface area contributed by atoms with Crippen molar-refractivity contribution < 1.29 is 9.53 Å². The fourth-order valence-corrected chi connectivity index (χ4v) is 0.0680. The fraction of sp³-hybridized carbons (Fsp3) is 0.800. The van der Waals surface area contributed by atoms with Crippen molar-refractivity contribution in [1.29, 1.82) is 0 Å². The van der Waals surface area contributed by atoms with Crippen LogP contribution < -0.4 is 5.73 Å². The second kappa shape index (κ2) is 6.59. The lowest BCUT2D eigenvalue weighted by atomic mass is 10.5. The van der Waals surface area contributed by atoms with Crippen molar-refractivity contribution in [3.8, 4) is 0 Å². The molecule has 3 heteroatoms. The summed E-state index contributed by atoms with van der Waals surface area (Å²) in [6, 6.07) is 0. The molecule has 3 nitrogen and oxygen atoms in total. The maximum Gasteiger partial charge on any atom is 0.121 e. The number of aldehydes is 1. The highest BCUT2D eigenvalue weighted by molar-refractivity contribution is 5.49. The van der Waals surface area contributed by atoms with E-state index in [1.165, 1.54) is 0 Å². The standard InChI is InChI=1S/C3H7NO.C2H4O/c4-2-1-3-5;1-2-3-1/h3H,1-2,4H2;1-2H2. The summed E-state index contributed by atoms with van der Waals surface area (Å²) in [6.07, 6.45) is 1.29. The minimum atomic E-state index is 0.476. The first kappa shape index (κ1) is 7.59. The predicted octanol–water partition coefficient (Wildman–Crippen LogP) is -0.449. The Kier molecular flexibility index (Phi) is 6.25. The first-order valence-corrected chi connectivity index (χ1v) is 2.63. The molecule has 0 spiro atoms. The number of rotatable bonds is 2. The van der Waals surface area contributed by atoms with Gasteiger partial charge in [0.1, 0.15) is 6.29 Å². The molecule has 0 aromatic rings. The Morgan fingerprint density at radius 3 is 2.12 bits per heavy atom. The number of ether oxygens (including phenoxy) is 1. The van der Waals surface area contributed by atoms with Gasteiger partial charge in [-0.2, -0.15) is 0 Å². The molecule has 0 aliphatic carbocycles. The first-order chi connectivity index (χ1) is 3.91. The van der Waals surface area contributed by atoms with Gasteiger partial charge in [-0.25, -0.2) is 0 Å². The quantitative estimate of drug-likeness (QED) is 0.393. The summed E-state index contributed by atoms with van der Waals surface area (Å²) in [7, 11) is 0. The molecule has 0 radical (unpaired) electrons. The zero-order chi connectivity index (χ0) is 6.24. The molecule has 1 aliphatic heterocycles. The van der Waals surface area contributed by atoms with Crippen LogP contribution >= 0.6 is 0 Å². The lowest BCUT2D eigenvalue weighted by Gasteiger charge is -1.70. The number of carbonyl (C=O) groups excluding carboxylic acids is 1. The van der Waals surface area contributed by atoms with Crippen molar-refractivity contribution >= 4 is 6.29 Å². The van der Waals surface area contributed by atoms with Crippen LogP contribution in [0.3, 0.4) is 0 Å². The minimum absolute atomic E-state index is 0.476. The molecule has 1 fully saturated rings. The van der Waals surface area contributed by atoms with Crippen molar-refractivity contribution in [3.05, 3.63) is 0 Å². The first-order valence-electron chi connectivity index (χ1n) is 2.63. The number of nitrogens with two attached hydrogens (primary N) is 1. The zero-order valence-corrected chi connectivity index (χ0v) is 4.80. The molecule has 1 heterocycles. The van der Waals surface area contributed by atoms with E-state index in [9.17, 15) is 4.79 Å². The molecule has 0 aromatic carbocycles. The van der Waals surface area contributed by atoms with Crippen molar-refractivity contribution in [2.75, 3.05) is 19.8 Å². The molecule has 0 saturated carbocycles. The van der Waals surface area contributed by atoms with Crippen molar-refractivity contribution in [3.63, 3.8) is 0 Å². The van der Waals surface area contributed by atoms with Crippen LogP contribution in [0.4, 0.5) is 0 Å². The lowest BCUT2D eigenvalue weighted by Crippen LogP contribution is -1.97. The summed E-state index contributed by atoms with van der Waals surface area (Å²) < 4.78 is 4.50. The van der Waals surface area contributed by atoms with Gasteiger partial charge in [0.2, 0.25) is 0 Å². The molecule has 48 valence electrons. The van der Waals surface area contributed by atoms with Crippen molar-refractivity contribution in [2.45, 2.75) is 6.42 Å². The van der Waals surface area contributed by atoms with Crippen molar-refractivity contribution in [1.82, 2.24) is 0 Å². The van der Waals surface area contributed by atoms with Gasteiger partial charge in [-0.1, -0.05) is 0 Å². The van der Waals surface area contributed by atoms with Gasteiger partial charge in [-0.15, -0.1) is 0 Å². The highest BCUT2D eigenvalue weighted by Gasteiger charge is 1.94. The van der Waals surface area contributed by atoms with E-state index in [0.29, 0.717) is 13.0 Å². The second-order valence-electron chi connectivity index (χ2n) is 1.36. The van der Waals surface area contributed by atoms with Gasteiger partial charge in [-0.05, 0) is 6.54 Å². The summed E-state index contributed by atoms with van der Waals surface area (Å²) in [5, 5.41) is 0. The maximum absolute atomic E-state index is 9.32. The van der Waals surface area contributed by atoms with Gasteiger partial charge in [0, 0.05) is 6.42 Å². The van der Waals surface area contributed by atoms with Crippen LogP contribution in [0.25, 0.3) is 0 Å². The average molecular weight is 117 g/mol. The normalized spacial score (nSPS) is 13.6. The summed E-state index contributed by atoms with van der Waals surface area (Å²) in [5.74, 6) is 0. The van der Waals surface area contributed by atoms with E-state index in [2.05, 4.69) is 4.74 Å². The molecule has 0 bridgehead atoms. The van der Waals surface area contributed by atoms with E-state index in [4.69, 9.17) is 5.73 Å². The molecule has 1 rings (SSSR count). The fourth-order valence-electron chi connectivity index (χ4n) is 0.0680. The summed E-state index contributed by atoms with van der Waals surface area (Å²) in [5.41, 5.74) is 4.91. The highest BCUT2D eigenvalue weighted by atomic mass is 16.6. The topological polar surface area (TPSA) is 55.6 Å². The summed E-state index contributed by atoms with van der Waals surface area (Å²) >= 11 is 0. The van der Waals surface area contributed by atoms with E-state index in [-0.39, 0.29) is 0 Å². The van der Waals surface area contributed by atoms with Gasteiger partial charge < -0.3 is 15.3 Å². The molecule has 0 atom stereocenters. The van der Waals surface area contributed by atoms with E-state index < -0.39 is 0 Å². The van der Waals surface area contributed by atoms with Crippen molar-refractivity contribution in [2.24, 2.45) is 5.73 Å². The predicted molar refractivity (Wildman–Crippen MR) is 30.6 cm³/mol. The van der Waals surface area contributed by atoms with Crippen LogP contribution in [0.2, 0.25) is 0 Å².